The van der Waals surface area contributed by atoms with Crippen molar-refractivity contribution in [2.75, 3.05) is 0 Å². The molecule has 0 aliphatic rings. The largest absolute Gasteiger partial charge is 2.00 e. The predicted molar refractivity (Wildman–Crippen MR) is 79.8 cm³/mol. The topological polar surface area (TPSA) is 9.23 Å². The van der Waals surface area contributed by atoms with Gasteiger partial charge in [0.1, 0.15) is 12.4 Å². The molecule has 2 aromatic carbocycles. The summed E-state index contributed by atoms with van der Waals surface area (Å²) in [6, 6.07) is 17.9. The number of halogens is 1. The first-order chi connectivity index (χ1) is 8.88. The Morgan fingerprint density at radius 2 is 1.60 bits per heavy atom. The van der Waals surface area contributed by atoms with Crippen LogP contribution in [0.25, 0.3) is 0 Å². The minimum atomic E-state index is 0. The van der Waals surface area contributed by atoms with E-state index in [9.17, 15) is 0 Å². The minimum absolute atomic E-state index is 0. The summed E-state index contributed by atoms with van der Waals surface area (Å²) in [6.07, 6.45) is 0.631. The van der Waals surface area contributed by atoms with Crippen molar-refractivity contribution in [2.24, 2.45) is 0 Å². The number of rotatable bonds is 3. The molecule has 2 rings (SSSR count). The van der Waals surface area contributed by atoms with Crippen LogP contribution in [0.15, 0.2) is 54.6 Å². The van der Waals surface area contributed by atoms with Crippen LogP contribution >= 0.6 is 0 Å². The molecule has 0 heterocycles. The van der Waals surface area contributed by atoms with Crippen molar-refractivity contribution < 1.29 is 21.7 Å². The number of benzene rings is 2. The van der Waals surface area contributed by atoms with E-state index in [1.54, 1.807) is 0 Å². The summed E-state index contributed by atoms with van der Waals surface area (Å²) < 4.78 is 5.69. The van der Waals surface area contributed by atoms with E-state index in [2.05, 4.69) is 18.8 Å². The van der Waals surface area contributed by atoms with E-state index in [1.165, 1.54) is 5.56 Å². The molecule has 0 radical (unpaired) electrons. The van der Waals surface area contributed by atoms with E-state index in [0.29, 0.717) is 13.0 Å². The van der Waals surface area contributed by atoms with Crippen molar-refractivity contribution in [1.29, 1.82) is 0 Å². The van der Waals surface area contributed by atoms with Crippen molar-refractivity contribution in [1.82, 2.24) is 0 Å². The van der Waals surface area contributed by atoms with Gasteiger partial charge in [0.15, 0.2) is 0 Å². The van der Waals surface area contributed by atoms with Gasteiger partial charge in [-0.1, -0.05) is 36.3 Å². The molecule has 0 aliphatic carbocycles. The fourth-order valence-electron chi connectivity index (χ4n) is 1.54. The van der Waals surface area contributed by atoms with Crippen LogP contribution in [0.1, 0.15) is 17.5 Å². The fourth-order valence-corrected chi connectivity index (χ4v) is 1.54. The van der Waals surface area contributed by atoms with Gasteiger partial charge >= 0.3 is 23.1 Å². The summed E-state index contributed by atoms with van der Waals surface area (Å²) in [5.41, 5.74) is 2.16. The minimum Gasteiger partial charge on any atom is -1.00 e. The monoisotopic (exact) mass is 338 g/mol. The van der Waals surface area contributed by atoms with E-state index in [-0.39, 0.29) is 40.0 Å². The maximum absolute atomic E-state index is 5.69. The zero-order chi connectivity index (χ0) is 12.6. The molecule has 0 aliphatic heterocycles. The molecule has 0 unspecified atom stereocenters. The third kappa shape index (κ3) is 6.47. The predicted octanol–water partition coefficient (Wildman–Crippen LogP) is 0.464. The molecule has 0 amide bonds. The Morgan fingerprint density at radius 1 is 0.950 bits per heavy atom. The van der Waals surface area contributed by atoms with E-state index >= 15 is 0 Å². The standard InChI is InChI=1S/C17H15O.BrH.Mg/c1-2-3-7-15-10-12-17(13-11-15)18-14-16-8-5-4-6-9-16;;/h4-6,8-13H,1-2,14H2;1H;/q-1;;+2/p-1. The van der Waals surface area contributed by atoms with Crippen LogP contribution in [0.5, 0.6) is 5.75 Å². The molecule has 0 aromatic heterocycles. The molecule has 98 valence electrons. The number of hydrogen-bond donors (Lipinski definition) is 0. The van der Waals surface area contributed by atoms with E-state index in [1.807, 2.05) is 54.6 Å². The maximum atomic E-state index is 5.69. The average Bonchev–Trinajstić information content (AvgIpc) is 2.45. The smallest absolute Gasteiger partial charge is 1.00 e. The van der Waals surface area contributed by atoms with Gasteiger partial charge in [-0.3, -0.25) is 0 Å². The molecule has 0 N–H and O–H groups in total. The van der Waals surface area contributed by atoms with Gasteiger partial charge in [-0.2, -0.15) is 0 Å². The molecule has 20 heavy (non-hydrogen) atoms. The van der Waals surface area contributed by atoms with Crippen molar-refractivity contribution in [3.63, 3.8) is 0 Å². The Labute approximate surface area is 147 Å². The summed E-state index contributed by atoms with van der Waals surface area (Å²) in [4.78, 5) is 0. The van der Waals surface area contributed by atoms with E-state index < -0.39 is 0 Å². The van der Waals surface area contributed by atoms with E-state index in [0.717, 1.165) is 11.3 Å². The molecule has 3 heteroatoms. The summed E-state index contributed by atoms with van der Waals surface area (Å²) >= 11 is 0. The third-order valence-electron chi connectivity index (χ3n) is 2.46. The molecule has 0 bridgehead atoms. The van der Waals surface area contributed by atoms with Gasteiger partial charge in [-0.25, -0.2) is 0 Å². The fraction of sp³-hybridized carbons (Fsp3) is 0.118. The van der Waals surface area contributed by atoms with E-state index in [4.69, 9.17) is 4.74 Å². The third-order valence-corrected chi connectivity index (χ3v) is 2.46. The molecule has 0 spiro atoms. The molecule has 0 atom stereocenters. The molecule has 0 saturated carbocycles. The van der Waals surface area contributed by atoms with Crippen LogP contribution in [-0.4, -0.2) is 23.1 Å². The summed E-state index contributed by atoms with van der Waals surface area (Å²) in [5.74, 6) is 6.83. The maximum Gasteiger partial charge on any atom is 2.00 e. The van der Waals surface area contributed by atoms with Crippen LogP contribution in [-0.2, 0) is 6.61 Å². The van der Waals surface area contributed by atoms with Gasteiger partial charge in [-0.15, -0.1) is 12.3 Å². The Hall–Kier alpha value is -0.954. The molecule has 0 saturated heterocycles. The zero-order valence-corrected chi connectivity index (χ0v) is 14.3. The molecule has 0 fully saturated rings. The first-order valence-electron chi connectivity index (χ1n) is 5.93. The summed E-state index contributed by atoms with van der Waals surface area (Å²) in [5, 5.41) is 0. The second kappa shape index (κ2) is 10.8. The first-order valence-corrected chi connectivity index (χ1v) is 5.93. The second-order valence-corrected chi connectivity index (χ2v) is 3.85. The number of ether oxygens (including phenoxy) is 1. The quantitative estimate of drug-likeness (QED) is 0.449. The van der Waals surface area contributed by atoms with Gasteiger partial charge in [0.25, 0.3) is 0 Å². The Balaban J connectivity index is 0.00000180. The average molecular weight is 340 g/mol. The van der Waals surface area contributed by atoms with Crippen molar-refractivity contribution in [2.45, 2.75) is 13.0 Å². The Bertz CT molecular complexity index is 541. The van der Waals surface area contributed by atoms with Crippen LogP contribution < -0.4 is 21.7 Å². The number of hydrogen-bond acceptors (Lipinski definition) is 1. The second-order valence-electron chi connectivity index (χ2n) is 3.85. The van der Waals surface area contributed by atoms with Crippen molar-refractivity contribution >= 4 is 23.1 Å². The molecule has 1 nitrogen and oxygen atoms in total. The van der Waals surface area contributed by atoms with Gasteiger partial charge in [-0.05, 0) is 29.8 Å². The summed E-state index contributed by atoms with van der Waals surface area (Å²) in [7, 11) is 0. The van der Waals surface area contributed by atoms with Crippen LogP contribution in [0.3, 0.4) is 0 Å². The van der Waals surface area contributed by atoms with Gasteiger partial charge in [0.2, 0.25) is 0 Å². The molecular formula is C17H15BrMgO. The normalized spacial score (nSPS) is 8.45. The van der Waals surface area contributed by atoms with Crippen molar-refractivity contribution in [3.05, 3.63) is 72.6 Å². The Kier molecular flexibility index (Phi) is 10.3. The Morgan fingerprint density at radius 3 is 2.20 bits per heavy atom. The van der Waals surface area contributed by atoms with Crippen molar-refractivity contribution in [3.8, 4) is 17.6 Å². The van der Waals surface area contributed by atoms with Gasteiger partial charge in [0.05, 0.1) is 0 Å². The molecule has 2 aromatic rings. The van der Waals surface area contributed by atoms with Crippen LogP contribution in [0.2, 0.25) is 0 Å². The van der Waals surface area contributed by atoms with Gasteiger partial charge in [0, 0.05) is 5.56 Å². The van der Waals surface area contributed by atoms with Gasteiger partial charge < -0.3 is 28.6 Å². The zero-order valence-electron chi connectivity index (χ0n) is 11.3. The van der Waals surface area contributed by atoms with Crippen LogP contribution in [0, 0.1) is 18.8 Å². The van der Waals surface area contributed by atoms with Crippen LogP contribution in [0.4, 0.5) is 0 Å². The molecular weight excluding hydrogens is 324 g/mol. The SMILES string of the molecule is [Br-].[CH2-]CC#Cc1ccc(OCc2ccccc2)cc1.[Mg+2]. The summed E-state index contributed by atoms with van der Waals surface area (Å²) in [6.45, 7) is 4.27. The first kappa shape index (κ1) is 19.0.